The Hall–Kier alpha value is -3.06. The zero-order chi connectivity index (χ0) is 24.8. The number of carbonyl (C=O) groups excluding carboxylic acids is 3. The second-order valence-corrected chi connectivity index (χ2v) is 9.90. The fraction of sp³-hybridized carbons (Fsp3) is 0.444. The van der Waals surface area contributed by atoms with Crippen molar-refractivity contribution in [2.75, 3.05) is 25.0 Å². The maximum atomic E-state index is 13.7. The zero-order valence-electron chi connectivity index (χ0n) is 20.1. The average Bonchev–Trinajstić information content (AvgIpc) is 2.88. The molecule has 2 atom stereocenters. The molecule has 0 unspecified atom stereocenters. The smallest absolute Gasteiger partial charge is 0.321 e. The van der Waals surface area contributed by atoms with Gasteiger partial charge in [0.1, 0.15) is 6.04 Å². The Morgan fingerprint density at radius 3 is 2.37 bits per heavy atom. The van der Waals surface area contributed by atoms with Crippen molar-refractivity contribution >= 4 is 35.1 Å². The second-order valence-electron chi connectivity index (χ2n) is 9.46. The number of carbonyl (C=O) groups is 3. The number of nitrogens with zero attached hydrogens (tertiary/aromatic N) is 2. The first-order chi connectivity index (χ1) is 16.9. The molecule has 2 aliphatic rings. The number of amides is 4. The van der Waals surface area contributed by atoms with E-state index in [1.165, 1.54) is 0 Å². The van der Waals surface area contributed by atoms with Gasteiger partial charge in [-0.2, -0.15) is 0 Å². The molecule has 0 aliphatic carbocycles. The normalized spacial score (nSPS) is 19.7. The Morgan fingerprint density at radius 1 is 0.943 bits per heavy atom. The maximum absolute atomic E-state index is 13.7. The quantitative estimate of drug-likeness (QED) is 0.624. The lowest BCUT2D eigenvalue weighted by atomic mass is 9.87. The van der Waals surface area contributed by atoms with Gasteiger partial charge < -0.3 is 20.4 Å². The van der Waals surface area contributed by atoms with Gasteiger partial charge in [0.2, 0.25) is 5.91 Å². The lowest BCUT2D eigenvalue weighted by Gasteiger charge is -2.40. The summed E-state index contributed by atoms with van der Waals surface area (Å²) >= 11 is 6.02. The largest absolute Gasteiger partial charge is 0.340 e. The first-order valence-electron chi connectivity index (χ1n) is 12.4. The fourth-order valence-electron chi connectivity index (χ4n) is 5.00. The molecule has 2 fully saturated rings. The molecule has 7 nitrogen and oxygen atoms in total. The van der Waals surface area contributed by atoms with Crippen LogP contribution in [0.4, 0.5) is 10.5 Å². The Kier molecular flexibility index (Phi) is 8.29. The predicted octanol–water partition coefficient (Wildman–Crippen LogP) is 4.78. The van der Waals surface area contributed by atoms with Crippen LogP contribution in [-0.2, 0) is 4.79 Å². The number of benzene rings is 2. The second kappa shape index (κ2) is 11.6. The molecule has 4 rings (SSSR count). The van der Waals surface area contributed by atoms with E-state index in [1.54, 1.807) is 41.3 Å². The Balaban J connectivity index is 1.43. The molecule has 2 aromatic carbocycles. The number of urea groups is 1. The molecule has 2 saturated heterocycles. The number of hydrogen-bond acceptors (Lipinski definition) is 3. The number of likely N-dealkylation sites (tertiary alicyclic amines) is 2. The van der Waals surface area contributed by atoms with Crippen LogP contribution >= 0.6 is 11.6 Å². The summed E-state index contributed by atoms with van der Waals surface area (Å²) in [6.07, 6.45) is 4.35. The molecule has 35 heavy (non-hydrogen) atoms. The van der Waals surface area contributed by atoms with Gasteiger partial charge in [-0.1, -0.05) is 35.9 Å². The van der Waals surface area contributed by atoms with Crippen molar-refractivity contribution in [3.05, 3.63) is 65.2 Å². The summed E-state index contributed by atoms with van der Waals surface area (Å²) in [7, 11) is 0. The van der Waals surface area contributed by atoms with Crippen molar-refractivity contribution in [3.8, 4) is 0 Å². The molecular formula is C27H33ClN4O3. The molecule has 0 radical (unpaired) electrons. The SMILES string of the molecule is C[C@H]1CCCCN1C(=O)[C@H](NC(=O)c1ccccc1)C1CCN(C(=O)Nc2cccc(Cl)c2)CC1. The van der Waals surface area contributed by atoms with E-state index >= 15 is 0 Å². The third-order valence-corrected chi connectivity index (χ3v) is 7.28. The minimum absolute atomic E-state index is 0.0108. The molecule has 0 saturated carbocycles. The highest BCUT2D eigenvalue weighted by atomic mass is 35.5. The number of nitrogens with one attached hydrogen (secondary N) is 2. The van der Waals surface area contributed by atoms with Crippen molar-refractivity contribution in [3.63, 3.8) is 0 Å². The van der Waals surface area contributed by atoms with Gasteiger partial charge in [-0.3, -0.25) is 9.59 Å². The van der Waals surface area contributed by atoms with E-state index in [-0.39, 0.29) is 29.8 Å². The summed E-state index contributed by atoms with van der Waals surface area (Å²) in [4.78, 5) is 43.1. The molecule has 0 spiro atoms. The lowest BCUT2D eigenvalue weighted by molar-refractivity contribution is -0.138. The van der Waals surface area contributed by atoms with Crippen molar-refractivity contribution in [1.82, 2.24) is 15.1 Å². The summed E-state index contributed by atoms with van der Waals surface area (Å²) in [5, 5.41) is 6.49. The Morgan fingerprint density at radius 2 is 1.69 bits per heavy atom. The van der Waals surface area contributed by atoms with Gasteiger partial charge in [-0.15, -0.1) is 0 Å². The fourth-order valence-corrected chi connectivity index (χ4v) is 5.19. The number of halogens is 1. The van der Waals surface area contributed by atoms with E-state index in [4.69, 9.17) is 11.6 Å². The number of hydrogen-bond donors (Lipinski definition) is 2. The molecule has 8 heteroatoms. The monoisotopic (exact) mass is 496 g/mol. The van der Waals surface area contributed by atoms with Crippen LogP contribution in [0.15, 0.2) is 54.6 Å². The average molecular weight is 497 g/mol. The van der Waals surface area contributed by atoms with E-state index in [0.29, 0.717) is 42.2 Å². The van der Waals surface area contributed by atoms with Gasteiger partial charge in [0.15, 0.2) is 0 Å². The minimum atomic E-state index is -0.610. The molecule has 2 aromatic rings. The predicted molar refractivity (Wildman–Crippen MR) is 137 cm³/mol. The Labute approximate surface area is 211 Å². The third kappa shape index (κ3) is 6.34. The van der Waals surface area contributed by atoms with Crippen LogP contribution in [0.5, 0.6) is 0 Å². The summed E-state index contributed by atoms with van der Waals surface area (Å²) in [5.74, 6) is -0.294. The zero-order valence-corrected chi connectivity index (χ0v) is 20.8. The van der Waals surface area contributed by atoms with Crippen LogP contribution in [0.2, 0.25) is 5.02 Å². The molecule has 2 heterocycles. The third-order valence-electron chi connectivity index (χ3n) is 7.05. The summed E-state index contributed by atoms with van der Waals surface area (Å²) in [6.45, 7) is 3.82. The molecule has 0 bridgehead atoms. The van der Waals surface area contributed by atoms with E-state index < -0.39 is 6.04 Å². The molecule has 2 aliphatic heterocycles. The first-order valence-corrected chi connectivity index (χ1v) is 12.8. The van der Waals surface area contributed by atoms with Gasteiger partial charge in [-0.05, 0) is 75.3 Å². The highest BCUT2D eigenvalue weighted by molar-refractivity contribution is 6.30. The standard InChI is InChI=1S/C27H33ClN4O3/c1-19-8-5-6-15-32(19)26(34)24(30-25(33)21-9-3-2-4-10-21)20-13-16-31(17-14-20)27(35)29-23-12-7-11-22(28)18-23/h2-4,7,9-12,18-20,24H,5-6,8,13-17H2,1H3,(H,29,35)(H,30,33)/t19-,24+/m0/s1. The van der Waals surface area contributed by atoms with Crippen LogP contribution in [0.1, 0.15) is 49.4 Å². The first kappa shape index (κ1) is 25.0. The van der Waals surface area contributed by atoms with Gasteiger partial charge in [0.05, 0.1) is 0 Å². The van der Waals surface area contributed by atoms with Gasteiger partial charge in [-0.25, -0.2) is 4.79 Å². The van der Waals surface area contributed by atoms with E-state index in [1.807, 2.05) is 23.1 Å². The van der Waals surface area contributed by atoms with Crippen molar-refractivity contribution in [2.45, 2.75) is 51.1 Å². The van der Waals surface area contributed by atoms with Crippen LogP contribution < -0.4 is 10.6 Å². The molecule has 2 N–H and O–H groups in total. The number of anilines is 1. The van der Waals surface area contributed by atoms with Gasteiger partial charge >= 0.3 is 6.03 Å². The van der Waals surface area contributed by atoms with Crippen molar-refractivity contribution < 1.29 is 14.4 Å². The maximum Gasteiger partial charge on any atom is 0.321 e. The van der Waals surface area contributed by atoms with Gasteiger partial charge in [0, 0.05) is 41.9 Å². The highest BCUT2D eigenvalue weighted by Gasteiger charge is 2.38. The lowest BCUT2D eigenvalue weighted by Crippen LogP contribution is -2.57. The molecule has 0 aromatic heterocycles. The molecular weight excluding hydrogens is 464 g/mol. The van der Waals surface area contributed by atoms with E-state index in [0.717, 1.165) is 25.8 Å². The molecule has 4 amide bonds. The van der Waals surface area contributed by atoms with E-state index in [9.17, 15) is 14.4 Å². The Bertz CT molecular complexity index is 1040. The molecule has 186 valence electrons. The van der Waals surface area contributed by atoms with Gasteiger partial charge in [0.25, 0.3) is 5.91 Å². The van der Waals surface area contributed by atoms with Crippen molar-refractivity contribution in [2.24, 2.45) is 5.92 Å². The van der Waals surface area contributed by atoms with Crippen LogP contribution in [0.25, 0.3) is 0 Å². The topological polar surface area (TPSA) is 81.8 Å². The summed E-state index contributed by atoms with van der Waals surface area (Å²) in [6, 6.07) is 15.4. The number of rotatable bonds is 5. The van der Waals surface area contributed by atoms with Crippen molar-refractivity contribution in [1.29, 1.82) is 0 Å². The highest BCUT2D eigenvalue weighted by Crippen LogP contribution is 2.26. The van der Waals surface area contributed by atoms with Crippen LogP contribution in [0, 0.1) is 5.92 Å². The minimum Gasteiger partial charge on any atom is -0.340 e. The van der Waals surface area contributed by atoms with Crippen LogP contribution in [0.3, 0.4) is 0 Å². The number of piperidine rings is 2. The summed E-state index contributed by atoms with van der Waals surface area (Å²) in [5.41, 5.74) is 1.18. The van der Waals surface area contributed by atoms with Crippen LogP contribution in [-0.4, -0.2) is 59.4 Å². The summed E-state index contributed by atoms with van der Waals surface area (Å²) < 4.78 is 0. The van der Waals surface area contributed by atoms with E-state index in [2.05, 4.69) is 17.6 Å².